The van der Waals surface area contributed by atoms with E-state index in [9.17, 15) is 0 Å². The standard InChI is InChI=1S/C11H12BrN3/c1-13-6-9-7-14-8-15(9)11-5-3-2-4-10(11)12/h2-5,7-8,13H,6H2,1H3. The molecule has 0 unspecified atom stereocenters. The van der Waals surface area contributed by atoms with Crippen LogP contribution >= 0.6 is 15.9 Å². The van der Waals surface area contributed by atoms with Crippen molar-refractivity contribution >= 4 is 15.9 Å². The molecule has 0 amide bonds. The van der Waals surface area contributed by atoms with Crippen LogP contribution in [0.4, 0.5) is 0 Å². The maximum atomic E-state index is 4.16. The Labute approximate surface area is 97.3 Å². The zero-order valence-electron chi connectivity index (χ0n) is 8.44. The van der Waals surface area contributed by atoms with E-state index in [1.54, 1.807) is 0 Å². The number of aromatic nitrogens is 2. The van der Waals surface area contributed by atoms with Crippen molar-refractivity contribution < 1.29 is 0 Å². The molecule has 0 saturated carbocycles. The van der Waals surface area contributed by atoms with Crippen molar-refractivity contribution in [2.24, 2.45) is 0 Å². The molecule has 78 valence electrons. The van der Waals surface area contributed by atoms with Gasteiger partial charge in [0.1, 0.15) is 0 Å². The molecule has 1 aromatic carbocycles. The number of hydrogen-bond donors (Lipinski definition) is 1. The van der Waals surface area contributed by atoms with Crippen LogP contribution in [0, 0.1) is 0 Å². The molecule has 0 fully saturated rings. The first kappa shape index (κ1) is 10.4. The van der Waals surface area contributed by atoms with E-state index in [4.69, 9.17) is 0 Å². The Morgan fingerprint density at radius 2 is 2.20 bits per heavy atom. The highest BCUT2D eigenvalue weighted by molar-refractivity contribution is 9.10. The van der Waals surface area contributed by atoms with Crippen LogP contribution < -0.4 is 5.32 Å². The van der Waals surface area contributed by atoms with Crippen LogP contribution in [0.5, 0.6) is 0 Å². The third-order valence-electron chi connectivity index (χ3n) is 2.19. The normalized spacial score (nSPS) is 10.5. The molecule has 3 nitrogen and oxygen atoms in total. The third-order valence-corrected chi connectivity index (χ3v) is 2.86. The van der Waals surface area contributed by atoms with Gasteiger partial charge in [0.15, 0.2) is 0 Å². The minimum Gasteiger partial charge on any atom is -0.314 e. The molecule has 0 bridgehead atoms. The van der Waals surface area contributed by atoms with Crippen molar-refractivity contribution in [1.29, 1.82) is 0 Å². The van der Waals surface area contributed by atoms with Crippen molar-refractivity contribution in [2.45, 2.75) is 6.54 Å². The fourth-order valence-electron chi connectivity index (χ4n) is 1.50. The number of imidazole rings is 1. The third kappa shape index (κ3) is 2.11. The second kappa shape index (κ2) is 4.59. The number of nitrogens with zero attached hydrogens (tertiary/aromatic N) is 2. The predicted octanol–water partition coefficient (Wildman–Crippen LogP) is 2.35. The van der Waals surface area contributed by atoms with Gasteiger partial charge in [0.2, 0.25) is 0 Å². The fourth-order valence-corrected chi connectivity index (χ4v) is 1.97. The summed E-state index contributed by atoms with van der Waals surface area (Å²) in [5, 5.41) is 3.12. The van der Waals surface area contributed by atoms with Gasteiger partial charge in [-0.3, -0.25) is 0 Å². The second-order valence-corrected chi connectivity index (χ2v) is 4.09. The van der Waals surface area contributed by atoms with Crippen molar-refractivity contribution in [1.82, 2.24) is 14.9 Å². The second-order valence-electron chi connectivity index (χ2n) is 3.24. The molecular weight excluding hydrogens is 254 g/mol. The number of benzene rings is 1. The lowest BCUT2D eigenvalue weighted by Crippen LogP contribution is -2.09. The Kier molecular flexibility index (Phi) is 3.18. The molecule has 0 saturated heterocycles. The average Bonchev–Trinajstić information content (AvgIpc) is 2.67. The Hall–Kier alpha value is -1.13. The van der Waals surface area contributed by atoms with E-state index in [1.165, 1.54) is 0 Å². The summed E-state index contributed by atoms with van der Waals surface area (Å²) in [5.41, 5.74) is 2.25. The maximum Gasteiger partial charge on any atom is 0.0995 e. The molecule has 0 atom stereocenters. The highest BCUT2D eigenvalue weighted by Gasteiger charge is 2.05. The quantitative estimate of drug-likeness (QED) is 0.924. The van der Waals surface area contributed by atoms with E-state index >= 15 is 0 Å². The predicted molar refractivity (Wildman–Crippen MR) is 64.0 cm³/mol. The van der Waals surface area contributed by atoms with Gasteiger partial charge in [-0.05, 0) is 35.1 Å². The molecule has 2 aromatic rings. The van der Waals surface area contributed by atoms with Crippen LogP contribution in [0.3, 0.4) is 0 Å². The first-order valence-corrected chi connectivity index (χ1v) is 5.53. The van der Waals surface area contributed by atoms with Gasteiger partial charge in [0.05, 0.1) is 17.7 Å². The van der Waals surface area contributed by atoms with E-state index in [-0.39, 0.29) is 0 Å². The Morgan fingerprint density at radius 1 is 1.40 bits per heavy atom. The molecule has 0 radical (unpaired) electrons. The van der Waals surface area contributed by atoms with E-state index in [1.807, 2.05) is 37.8 Å². The van der Waals surface area contributed by atoms with Gasteiger partial charge in [0.25, 0.3) is 0 Å². The van der Waals surface area contributed by atoms with Gasteiger partial charge in [0, 0.05) is 17.2 Å². The lowest BCUT2D eigenvalue weighted by Gasteiger charge is -2.09. The van der Waals surface area contributed by atoms with Crippen molar-refractivity contribution in [3.8, 4) is 5.69 Å². The van der Waals surface area contributed by atoms with Crippen molar-refractivity contribution in [2.75, 3.05) is 7.05 Å². The van der Waals surface area contributed by atoms with Crippen LogP contribution in [0.2, 0.25) is 0 Å². The summed E-state index contributed by atoms with van der Waals surface area (Å²) in [6.07, 6.45) is 3.70. The van der Waals surface area contributed by atoms with Crippen molar-refractivity contribution in [3.63, 3.8) is 0 Å². The first-order valence-electron chi connectivity index (χ1n) is 4.73. The van der Waals surface area contributed by atoms with Crippen LogP contribution in [0.25, 0.3) is 5.69 Å². The lowest BCUT2D eigenvalue weighted by molar-refractivity contribution is 0.767. The molecule has 4 heteroatoms. The number of nitrogens with one attached hydrogen (secondary N) is 1. The van der Waals surface area contributed by atoms with Gasteiger partial charge in [-0.15, -0.1) is 0 Å². The summed E-state index contributed by atoms with van der Waals surface area (Å²) < 4.78 is 3.14. The molecule has 0 aliphatic rings. The first-order chi connectivity index (χ1) is 7.33. The molecule has 0 aliphatic carbocycles. The lowest BCUT2D eigenvalue weighted by atomic mass is 10.3. The maximum absolute atomic E-state index is 4.16. The zero-order chi connectivity index (χ0) is 10.7. The van der Waals surface area contributed by atoms with Crippen LogP contribution in [-0.2, 0) is 6.54 Å². The SMILES string of the molecule is CNCc1cncn1-c1ccccc1Br. The van der Waals surface area contributed by atoms with Gasteiger partial charge in [-0.1, -0.05) is 12.1 Å². The van der Waals surface area contributed by atoms with E-state index in [0.29, 0.717) is 0 Å². The average molecular weight is 266 g/mol. The van der Waals surface area contributed by atoms with E-state index in [0.717, 1.165) is 22.4 Å². The number of hydrogen-bond acceptors (Lipinski definition) is 2. The van der Waals surface area contributed by atoms with Crippen LogP contribution in [0.1, 0.15) is 5.69 Å². The summed E-state index contributed by atoms with van der Waals surface area (Å²) >= 11 is 3.53. The molecule has 1 heterocycles. The Balaban J connectivity index is 2.45. The summed E-state index contributed by atoms with van der Waals surface area (Å²) in [6.45, 7) is 0.807. The van der Waals surface area contributed by atoms with Gasteiger partial charge < -0.3 is 9.88 Å². The van der Waals surface area contributed by atoms with Crippen LogP contribution in [-0.4, -0.2) is 16.6 Å². The summed E-state index contributed by atoms with van der Waals surface area (Å²) in [7, 11) is 1.93. The summed E-state index contributed by atoms with van der Waals surface area (Å²) in [5.74, 6) is 0. The van der Waals surface area contributed by atoms with E-state index in [2.05, 4.69) is 36.9 Å². The topological polar surface area (TPSA) is 29.9 Å². The fraction of sp³-hybridized carbons (Fsp3) is 0.182. The van der Waals surface area contributed by atoms with Gasteiger partial charge in [-0.25, -0.2) is 4.98 Å². The number of halogens is 1. The smallest absolute Gasteiger partial charge is 0.0995 e. The largest absolute Gasteiger partial charge is 0.314 e. The summed E-state index contributed by atoms with van der Waals surface area (Å²) in [6, 6.07) is 8.11. The number of para-hydroxylation sites is 1. The molecule has 2 rings (SSSR count). The minimum atomic E-state index is 0.807. The van der Waals surface area contributed by atoms with Gasteiger partial charge in [-0.2, -0.15) is 0 Å². The summed E-state index contributed by atoms with van der Waals surface area (Å²) in [4.78, 5) is 4.16. The van der Waals surface area contributed by atoms with Crippen molar-refractivity contribution in [3.05, 3.63) is 47.0 Å². The number of rotatable bonds is 3. The van der Waals surface area contributed by atoms with E-state index < -0.39 is 0 Å². The zero-order valence-corrected chi connectivity index (χ0v) is 10.0. The van der Waals surface area contributed by atoms with Gasteiger partial charge >= 0.3 is 0 Å². The molecule has 0 spiro atoms. The molecular formula is C11H12BrN3. The Bertz CT molecular complexity index is 451. The molecule has 0 aliphatic heterocycles. The molecule has 15 heavy (non-hydrogen) atoms. The highest BCUT2D eigenvalue weighted by Crippen LogP contribution is 2.21. The molecule has 1 aromatic heterocycles. The minimum absolute atomic E-state index is 0.807. The van der Waals surface area contributed by atoms with Crippen LogP contribution in [0.15, 0.2) is 41.3 Å². The Morgan fingerprint density at radius 3 is 2.93 bits per heavy atom. The highest BCUT2D eigenvalue weighted by atomic mass is 79.9. The molecule has 1 N–H and O–H groups in total. The monoisotopic (exact) mass is 265 g/mol.